The van der Waals surface area contributed by atoms with Gasteiger partial charge in [-0.1, -0.05) is 0 Å². The molecule has 1 aliphatic heterocycles. The summed E-state index contributed by atoms with van der Waals surface area (Å²) in [5.74, 6) is -0.632. The fraction of sp³-hybridized carbons (Fsp3) is 0.875. The lowest BCUT2D eigenvalue weighted by atomic mass is 10.1. The first kappa shape index (κ1) is 11.5. The van der Waals surface area contributed by atoms with Gasteiger partial charge in [0, 0.05) is 12.8 Å². The van der Waals surface area contributed by atoms with E-state index >= 15 is 0 Å². The third-order valence-corrected chi connectivity index (χ3v) is 4.41. The number of esters is 1. The Morgan fingerprint density at radius 2 is 2.21 bits per heavy atom. The summed E-state index contributed by atoms with van der Waals surface area (Å²) in [6, 6.07) is 0. The summed E-state index contributed by atoms with van der Waals surface area (Å²) in [7, 11) is -3.42. The number of hydrogen-bond donors (Lipinski definition) is 1. The van der Waals surface area contributed by atoms with Crippen LogP contribution in [0.25, 0.3) is 0 Å². The Bertz CT molecular complexity index is 316. The van der Waals surface area contributed by atoms with E-state index in [2.05, 4.69) is 5.32 Å². The molecule has 1 N–H and O–H groups in total. The van der Waals surface area contributed by atoms with Gasteiger partial charge in [0.05, 0.1) is 6.61 Å². The zero-order valence-corrected chi connectivity index (χ0v) is 9.19. The summed E-state index contributed by atoms with van der Waals surface area (Å²) in [4.78, 5) is 11.6. The van der Waals surface area contributed by atoms with E-state index in [0.29, 0.717) is 13.0 Å². The molecule has 0 aromatic carbocycles. The Hall–Kier alpha value is -0.620. The molecule has 1 fully saturated rings. The quantitative estimate of drug-likeness (QED) is 0.640. The van der Waals surface area contributed by atoms with E-state index in [1.165, 1.54) is 0 Å². The van der Waals surface area contributed by atoms with E-state index in [0.717, 1.165) is 6.26 Å². The first-order valence-corrected chi connectivity index (χ1v) is 6.41. The summed E-state index contributed by atoms with van der Waals surface area (Å²) in [5, 5.41) is 2.88. The third kappa shape index (κ3) is 1.76. The van der Waals surface area contributed by atoms with Gasteiger partial charge in [0.2, 0.25) is 0 Å². The number of sulfone groups is 1. The van der Waals surface area contributed by atoms with Gasteiger partial charge in [-0.15, -0.1) is 0 Å². The second-order valence-electron chi connectivity index (χ2n) is 3.41. The van der Waals surface area contributed by atoms with E-state index in [9.17, 15) is 13.2 Å². The van der Waals surface area contributed by atoms with E-state index < -0.39 is 20.6 Å². The molecule has 1 aliphatic rings. The molecule has 14 heavy (non-hydrogen) atoms. The molecular weight excluding hydrogens is 206 g/mol. The predicted octanol–water partition coefficient (Wildman–Crippen LogP) is -0.674. The molecule has 0 aromatic heterocycles. The lowest BCUT2D eigenvalue weighted by Gasteiger charge is -2.23. The van der Waals surface area contributed by atoms with Crippen LogP contribution >= 0.6 is 0 Å². The van der Waals surface area contributed by atoms with Crippen LogP contribution in [0.3, 0.4) is 0 Å². The fourth-order valence-corrected chi connectivity index (χ4v) is 2.77. The number of carbonyl (C=O) groups excluding carboxylic acids is 1. The molecular formula is C8H15NO4S. The van der Waals surface area contributed by atoms with Crippen LogP contribution in [-0.2, 0) is 19.4 Å². The number of rotatable bonds is 3. The molecule has 0 aliphatic carbocycles. The SMILES string of the molecule is CCOC(=O)C1(S(C)(=O)=O)CCNC1. The minimum absolute atomic E-state index is 0.157. The highest BCUT2D eigenvalue weighted by atomic mass is 32.2. The molecule has 0 aromatic rings. The first-order chi connectivity index (χ1) is 6.44. The van der Waals surface area contributed by atoms with Crippen molar-refractivity contribution in [3.8, 4) is 0 Å². The summed E-state index contributed by atoms with van der Waals surface area (Å²) in [6.45, 7) is 2.56. The summed E-state index contributed by atoms with van der Waals surface area (Å²) in [5.41, 5.74) is 0. The maximum absolute atomic E-state index is 11.6. The van der Waals surface area contributed by atoms with Crippen molar-refractivity contribution < 1.29 is 17.9 Å². The minimum Gasteiger partial charge on any atom is -0.465 e. The van der Waals surface area contributed by atoms with Crippen LogP contribution < -0.4 is 5.32 Å². The number of carbonyl (C=O) groups is 1. The van der Waals surface area contributed by atoms with Gasteiger partial charge in [0.1, 0.15) is 0 Å². The van der Waals surface area contributed by atoms with Gasteiger partial charge in [0.25, 0.3) is 0 Å². The van der Waals surface area contributed by atoms with Gasteiger partial charge in [-0.3, -0.25) is 4.79 Å². The average Bonchev–Trinajstić information content (AvgIpc) is 2.51. The van der Waals surface area contributed by atoms with Crippen molar-refractivity contribution >= 4 is 15.8 Å². The van der Waals surface area contributed by atoms with Gasteiger partial charge in [-0.25, -0.2) is 8.42 Å². The average molecular weight is 221 g/mol. The van der Waals surface area contributed by atoms with E-state index in [1.807, 2.05) is 0 Å². The topological polar surface area (TPSA) is 72.5 Å². The molecule has 1 heterocycles. The second kappa shape index (κ2) is 3.86. The second-order valence-corrected chi connectivity index (χ2v) is 5.74. The van der Waals surface area contributed by atoms with Gasteiger partial charge in [-0.2, -0.15) is 0 Å². The van der Waals surface area contributed by atoms with Crippen molar-refractivity contribution in [1.29, 1.82) is 0 Å². The first-order valence-electron chi connectivity index (χ1n) is 4.51. The lowest BCUT2D eigenvalue weighted by molar-refractivity contribution is -0.145. The summed E-state index contributed by atoms with van der Waals surface area (Å²) >= 11 is 0. The molecule has 5 nitrogen and oxygen atoms in total. The molecule has 0 bridgehead atoms. The summed E-state index contributed by atoms with van der Waals surface area (Å²) < 4.78 is 26.5. The van der Waals surface area contributed by atoms with Crippen LogP contribution in [0.1, 0.15) is 13.3 Å². The van der Waals surface area contributed by atoms with Crippen LogP contribution in [0.5, 0.6) is 0 Å². The normalized spacial score (nSPS) is 27.6. The number of hydrogen-bond acceptors (Lipinski definition) is 5. The van der Waals surface area contributed by atoms with E-state index in [1.54, 1.807) is 6.92 Å². The number of ether oxygens (including phenoxy) is 1. The Balaban J connectivity index is 3.00. The standard InChI is InChI=1S/C8H15NO4S/c1-3-13-7(10)8(14(2,11)12)4-5-9-6-8/h9H,3-6H2,1-2H3. The molecule has 1 unspecified atom stereocenters. The van der Waals surface area contributed by atoms with Gasteiger partial charge < -0.3 is 10.1 Å². The smallest absolute Gasteiger partial charge is 0.328 e. The van der Waals surface area contributed by atoms with E-state index in [4.69, 9.17) is 4.74 Å². The van der Waals surface area contributed by atoms with Crippen LogP contribution in [0.4, 0.5) is 0 Å². The Morgan fingerprint density at radius 3 is 2.57 bits per heavy atom. The highest BCUT2D eigenvalue weighted by molar-refractivity contribution is 7.92. The van der Waals surface area contributed by atoms with Crippen LogP contribution in [0.15, 0.2) is 0 Å². The highest BCUT2D eigenvalue weighted by Gasteiger charge is 2.51. The largest absolute Gasteiger partial charge is 0.465 e. The minimum atomic E-state index is -3.42. The van der Waals surface area contributed by atoms with Crippen molar-refractivity contribution in [3.63, 3.8) is 0 Å². The van der Waals surface area contributed by atoms with Gasteiger partial charge in [-0.05, 0) is 19.9 Å². The molecule has 1 atom stereocenters. The molecule has 82 valence electrons. The molecule has 0 radical (unpaired) electrons. The van der Waals surface area contributed by atoms with E-state index in [-0.39, 0.29) is 13.2 Å². The monoisotopic (exact) mass is 221 g/mol. The summed E-state index contributed by atoms with van der Waals surface area (Å²) in [6.07, 6.45) is 1.38. The van der Waals surface area contributed by atoms with Crippen LogP contribution in [-0.4, -0.2) is 45.1 Å². The Labute approximate surface area is 83.7 Å². The third-order valence-electron chi connectivity index (χ3n) is 2.47. The zero-order chi connectivity index (χ0) is 10.8. The highest BCUT2D eigenvalue weighted by Crippen LogP contribution is 2.26. The molecule has 1 rings (SSSR count). The molecule has 6 heteroatoms. The maximum Gasteiger partial charge on any atom is 0.328 e. The maximum atomic E-state index is 11.6. The zero-order valence-electron chi connectivity index (χ0n) is 8.37. The van der Waals surface area contributed by atoms with Crippen molar-refractivity contribution in [1.82, 2.24) is 5.32 Å². The van der Waals surface area contributed by atoms with Crippen molar-refractivity contribution in [2.75, 3.05) is 26.0 Å². The molecule has 0 amide bonds. The molecule has 0 saturated carbocycles. The van der Waals surface area contributed by atoms with Crippen molar-refractivity contribution in [2.45, 2.75) is 18.1 Å². The van der Waals surface area contributed by atoms with Crippen LogP contribution in [0.2, 0.25) is 0 Å². The van der Waals surface area contributed by atoms with Gasteiger partial charge in [0.15, 0.2) is 14.6 Å². The van der Waals surface area contributed by atoms with Gasteiger partial charge >= 0.3 is 5.97 Å². The molecule has 1 saturated heterocycles. The lowest BCUT2D eigenvalue weighted by Crippen LogP contribution is -2.48. The number of nitrogens with one attached hydrogen (secondary N) is 1. The van der Waals surface area contributed by atoms with Crippen molar-refractivity contribution in [3.05, 3.63) is 0 Å². The predicted molar refractivity (Wildman–Crippen MR) is 51.7 cm³/mol. The van der Waals surface area contributed by atoms with Crippen molar-refractivity contribution in [2.24, 2.45) is 0 Å². The Kier molecular flexibility index (Phi) is 3.16. The molecule has 0 spiro atoms. The fourth-order valence-electron chi connectivity index (χ4n) is 1.57. The Morgan fingerprint density at radius 1 is 1.57 bits per heavy atom. The van der Waals surface area contributed by atoms with Crippen LogP contribution in [0, 0.1) is 0 Å².